The van der Waals surface area contributed by atoms with E-state index in [1.54, 1.807) is 18.2 Å². The standard InChI is InChI=1S/C22H27ClN2O6S/c1-3-29-19-10-8-16(13-20(19)30-4-2)25-22(26)15-7-9-18(23)21(12-15)32(27,28)24-14-17-6-5-11-31-17/h7-10,12-13,17,24H,3-6,11,14H2,1-2H3,(H,25,26). The minimum Gasteiger partial charge on any atom is -0.490 e. The lowest BCUT2D eigenvalue weighted by atomic mass is 10.2. The van der Waals surface area contributed by atoms with E-state index >= 15 is 0 Å². The molecule has 1 fully saturated rings. The molecule has 2 aromatic carbocycles. The summed E-state index contributed by atoms with van der Waals surface area (Å²) in [6.45, 7) is 5.42. The van der Waals surface area contributed by atoms with Crippen LogP contribution in [-0.4, -0.2) is 46.8 Å². The molecule has 2 N–H and O–H groups in total. The van der Waals surface area contributed by atoms with Gasteiger partial charge in [0.1, 0.15) is 4.90 Å². The van der Waals surface area contributed by atoms with Crippen LogP contribution in [0.25, 0.3) is 0 Å². The highest BCUT2D eigenvalue weighted by molar-refractivity contribution is 7.89. The van der Waals surface area contributed by atoms with Gasteiger partial charge in [0, 0.05) is 30.5 Å². The molecule has 1 unspecified atom stereocenters. The van der Waals surface area contributed by atoms with E-state index < -0.39 is 15.9 Å². The number of rotatable bonds is 10. The molecular formula is C22H27ClN2O6S. The molecule has 10 heteroatoms. The van der Waals surface area contributed by atoms with E-state index in [2.05, 4.69) is 10.0 Å². The topological polar surface area (TPSA) is 103 Å². The molecule has 0 radical (unpaired) electrons. The average molecular weight is 483 g/mol. The Morgan fingerprint density at radius 2 is 1.88 bits per heavy atom. The average Bonchev–Trinajstić information content (AvgIpc) is 3.28. The third kappa shape index (κ3) is 6.13. The van der Waals surface area contributed by atoms with Gasteiger partial charge in [-0.3, -0.25) is 4.79 Å². The van der Waals surface area contributed by atoms with Gasteiger partial charge in [-0.05, 0) is 57.0 Å². The summed E-state index contributed by atoms with van der Waals surface area (Å²) in [7, 11) is -3.91. The number of carbonyl (C=O) groups is 1. The fraction of sp³-hybridized carbons (Fsp3) is 0.409. The SMILES string of the molecule is CCOc1ccc(NC(=O)c2ccc(Cl)c(S(=O)(=O)NCC3CCCO3)c2)cc1OCC. The third-order valence-corrected chi connectivity index (χ3v) is 6.71. The number of sulfonamides is 1. The van der Waals surface area contributed by atoms with E-state index in [0.29, 0.717) is 37.0 Å². The Balaban J connectivity index is 1.76. The Bertz CT molecular complexity index is 1050. The predicted octanol–water partition coefficient (Wildman–Crippen LogP) is 3.85. The minimum absolute atomic E-state index is 0.0288. The first kappa shape index (κ1) is 24.3. The Hall–Kier alpha value is -2.33. The zero-order chi connectivity index (χ0) is 23.1. The van der Waals surface area contributed by atoms with Gasteiger partial charge in [0.05, 0.1) is 24.3 Å². The summed E-state index contributed by atoms with van der Waals surface area (Å²) in [6.07, 6.45) is 1.54. The molecule has 1 atom stereocenters. The summed E-state index contributed by atoms with van der Waals surface area (Å²) >= 11 is 6.13. The molecule has 2 aromatic rings. The van der Waals surface area contributed by atoms with Crippen LogP contribution in [0.4, 0.5) is 5.69 Å². The first-order valence-corrected chi connectivity index (χ1v) is 12.3. The largest absolute Gasteiger partial charge is 0.490 e. The van der Waals surface area contributed by atoms with Crippen molar-refractivity contribution in [1.29, 1.82) is 0 Å². The maximum atomic E-state index is 12.8. The summed E-state index contributed by atoms with van der Waals surface area (Å²) in [4.78, 5) is 12.6. The zero-order valence-corrected chi connectivity index (χ0v) is 19.6. The van der Waals surface area contributed by atoms with Crippen molar-refractivity contribution >= 4 is 33.2 Å². The molecule has 0 bridgehead atoms. The van der Waals surface area contributed by atoms with E-state index in [1.807, 2.05) is 13.8 Å². The molecule has 1 amide bonds. The van der Waals surface area contributed by atoms with Crippen LogP contribution in [0.1, 0.15) is 37.0 Å². The molecule has 8 nitrogen and oxygen atoms in total. The maximum absolute atomic E-state index is 12.8. The summed E-state index contributed by atoms with van der Waals surface area (Å²) in [5.74, 6) is 0.596. The van der Waals surface area contributed by atoms with Crippen LogP contribution in [0.3, 0.4) is 0 Å². The van der Waals surface area contributed by atoms with Crippen molar-refractivity contribution in [3.05, 3.63) is 47.0 Å². The lowest BCUT2D eigenvalue weighted by Crippen LogP contribution is -2.32. The lowest BCUT2D eigenvalue weighted by molar-refractivity contribution is 0.102. The van der Waals surface area contributed by atoms with Gasteiger partial charge in [0.25, 0.3) is 5.91 Å². The van der Waals surface area contributed by atoms with Crippen molar-refractivity contribution in [2.45, 2.75) is 37.7 Å². The highest BCUT2D eigenvalue weighted by Gasteiger charge is 2.23. The summed E-state index contributed by atoms with van der Waals surface area (Å²) < 4.78 is 44.6. The monoisotopic (exact) mass is 482 g/mol. The van der Waals surface area contributed by atoms with E-state index in [-0.39, 0.29) is 28.1 Å². The second kappa shape index (κ2) is 11.0. The van der Waals surface area contributed by atoms with Crippen LogP contribution < -0.4 is 19.5 Å². The van der Waals surface area contributed by atoms with Crippen molar-refractivity contribution in [3.63, 3.8) is 0 Å². The van der Waals surface area contributed by atoms with E-state index in [4.69, 9.17) is 25.8 Å². The number of carbonyl (C=O) groups excluding carboxylic acids is 1. The van der Waals surface area contributed by atoms with Crippen LogP contribution in [-0.2, 0) is 14.8 Å². The van der Waals surface area contributed by atoms with Crippen molar-refractivity contribution in [2.75, 3.05) is 31.7 Å². The fourth-order valence-electron chi connectivity index (χ4n) is 3.27. The van der Waals surface area contributed by atoms with Crippen molar-refractivity contribution in [1.82, 2.24) is 4.72 Å². The smallest absolute Gasteiger partial charge is 0.255 e. The van der Waals surface area contributed by atoms with Crippen molar-refractivity contribution in [2.24, 2.45) is 0 Å². The minimum atomic E-state index is -3.91. The molecule has 0 spiro atoms. The van der Waals surface area contributed by atoms with Gasteiger partial charge >= 0.3 is 0 Å². The Kier molecular flexibility index (Phi) is 8.36. The van der Waals surface area contributed by atoms with Gasteiger partial charge < -0.3 is 19.5 Å². The summed E-state index contributed by atoms with van der Waals surface area (Å²) in [5.41, 5.74) is 0.636. The third-order valence-electron chi connectivity index (χ3n) is 4.81. The van der Waals surface area contributed by atoms with Crippen molar-refractivity contribution < 1.29 is 27.4 Å². The highest BCUT2D eigenvalue weighted by atomic mass is 35.5. The second-order valence-electron chi connectivity index (χ2n) is 7.11. The molecule has 1 saturated heterocycles. The van der Waals surface area contributed by atoms with Gasteiger partial charge in [-0.15, -0.1) is 0 Å². The van der Waals surface area contributed by atoms with Crippen LogP contribution in [0, 0.1) is 0 Å². The normalized spacial score (nSPS) is 16.0. The van der Waals surface area contributed by atoms with Gasteiger partial charge in [-0.25, -0.2) is 13.1 Å². The maximum Gasteiger partial charge on any atom is 0.255 e. The second-order valence-corrected chi connectivity index (χ2v) is 9.26. The van der Waals surface area contributed by atoms with E-state index in [1.165, 1.54) is 18.2 Å². The number of benzene rings is 2. The van der Waals surface area contributed by atoms with Crippen LogP contribution in [0.15, 0.2) is 41.3 Å². The predicted molar refractivity (Wildman–Crippen MR) is 122 cm³/mol. The summed E-state index contributed by atoms with van der Waals surface area (Å²) in [5, 5.41) is 2.78. The van der Waals surface area contributed by atoms with Gasteiger partial charge in [-0.2, -0.15) is 0 Å². The van der Waals surface area contributed by atoms with Gasteiger partial charge in [-0.1, -0.05) is 11.6 Å². The van der Waals surface area contributed by atoms with Crippen LogP contribution >= 0.6 is 11.6 Å². The highest BCUT2D eigenvalue weighted by Crippen LogP contribution is 2.31. The molecule has 0 aliphatic carbocycles. The fourth-order valence-corrected chi connectivity index (χ4v) is 4.86. The Labute approximate surface area is 193 Å². The van der Waals surface area contributed by atoms with E-state index in [9.17, 15) is 13.2 Å². The van der Waals surface area contributed by atoms with Gasteiger partial charge in [0.15, 0.2) is 11.5 Å². The van der Waals surface area contributed by atoms with Gasteiger partial charge in [0.2, 0.25) is 10.0 Å². The quantitative estimate of drug-likeness (QED) is 0.533. The Morgan fingerprint density at radius 3 is 2.56 bits per heavy atom. The first-order chi connectivity index (χ1) is 15.3. The number of hydrogen-bond acceptors (Lipinski definition) is 6. The lowest BCUT2D eigenvalue weighted by Gasteiger charge is -2.14. The van der Waals surface area contributed by atoms with E-state index in [0.717, 1.165) is 12.8 Å². The first-order valence-electron chi connectivity index (χ1n) is 10.5. The number of hydrogen-bond donors (Lipinski definition) is 2. The number of ether oxygens (including phenoxy) is 3. The van der Waals surface area contributed by atoms with Crippen LogP contribution in [0.5, 0.6) is 11.5 Å². The zero-order valence-electron chi connectivity index (χ0n) is 18.0. The Morgan fingerprint density at radius 1 is 1.12 bits per heavy atom. The number of anilines is 1. The molecule has 1 aliphatic rings. The molecular weight excluding hydrogens is 456 g/mol. The molecule has 3 rings (SSSR count). The molecule has 174 valence electrons. The summed E-state index contributed by atoms with van der Waals surface area (Å²) in [6, 6.07) is 9.16. The number of nitrogens with one attached hydrogen (secondary N) is 2. The molecule has 32 heavy (non-hydrogen) atoms. The molecule has 0 saturated carbocycles. The van der Waals surface area contributed by atoms with Crippen molar-refractivity contribution in [3.8, 4) is 11.5 Å². The molecule has 1 aliphatic heterocycles. The number of amides is 1. The van der Waals surface area contributed by atoms with Crippen LogP contribution in [0.2, 0.25) is 5.02 Å². The number of halogens is 1. The molecule has 0 aromatic heterocycles. The molecule has 1 heterocycles.